The van der Waals surface area contributed by atoms with Crippen LogP contribution in [0.25, 0.3) is 0 Å². The molecule has 1 N–H and O–H groups in total. The molecule has 2 unspecified atom stereocenters. The smallest absolute Gasteiger partial charge is 0.0132 e. The van der Waals surface area contributed by atoms with Crippen LogP contribution in [0.1, 0.15) is 27.2 Å². The molecule has 2 rings (SSSR count). The van der Waals surface area contributed by atoms with Gasteiger partial charge in [0.15, 0.2) is 0 Å². The van der Waals surface area contributed by atoms with Crippen LogP contribution in [0.4, 0.5) is 0 Å². The standard InChI is InChI=1S/C10H20N2/c1-10(2,3)12-5-4-9-8(7-12)6-11-9/h8-9,11H,4-7H2,1-3H3. The molecule has 0 aromatic heterocycles. The number of hydrogen-bond acceptors (Lipinski definition) is 2. The molecular formula is C10H20N2. The van der Waals surface area contributed by atoms with Crippen molar-refractivity contribution in [2.24, 2.45) is 5.92 Å². The molecule has 2 heterocycles. The molecule has 0 aromatic carbocycles. The van der Waals surface area contributed by atoms with Crippen molar-refractivity contribution >= 4 is 0 Å². The second-order valence-electron chi connectivity index (χ2n) is 5.18. The minimum atomic E-state index is 0.376. The van der Waals surface area contributed by atoms with Gasteiger partial charge < -0.3 is 5.32 Å². The van der Waals surface area contributed by atoms with Crippen molar-refractivity contribution in [2.45, 2.75) is 38.8 Å². The molecule has 0 radical (unpaired) electrons. The first-order chi connectivity index (χ1) is 5.57. The van der Waals surface area contributed by atoms with Gasteiger partial charge in [-0.3, -0.25) is 4.90 Å². The van der Waals surface area contributed by atoms with Crippen LogP contribution in [0.2, 0.25) is 0 Å². The van der Waals surface area contributed by atoms with Gasteiger partial charge in [0, 0.05) is 31.2 Å². The average Bonchev–Trinajstić information content (AvgIpc) is 1.89. The Labute approximate surface area is 75.3 Å². The average molecular weight is 168 g/mol. The van der Waals surface area contributed by atoms with Gasteiger partial charge in [0.2, 0.25) is 0 Å². The molecule has 2 aliphatic rings. The minimum Gasteiger partial charge on any atom is -0.313 e. The SMILES string of the molecule is CC(C)(C)N1CCC2NCC2C1. The number of fused-ring (bicyclic) bond motifs is 1. The number of piperidine rings is 1. The molecule has 0 bridgehead atoms. The molecule has 0 aliphatic carbocycles. The normalized spacial score (nSPS) is 37.2. The predicted octanol–water partition coefficient (Wildman–Crippen LogP) is 1.08. The second-order valence-corrected chi connectivity index (χ2v) is 5.18. The molecule has 2 atom stereocenters. The number of rotatable bonds is 0. The predicted molar refractivity (Wildman–Crippen MR) is 51.2 cm³/mol. The van der Waals surface area contributed by atoms with Crippen molar-refractivity contribution in [3.8, 4) is 0 Å². The Morgan fingerprint density at radius 3 is 2.50 bits per heavy atom. The third kappa shape index (κ3) is 1.38. The topological polar surface area (TPSA) is 15.3 Å². The van der Waals surface area contributed by atoms with Crippen molar-refractivity contribution in [3.05, 3.63) is 0 Å². The van der Waals surface area contributed by atoms with Gasteiger partial charge in [-0.05, 0) is 33.1 Å². The fourth-order valence-corrected chi connectivity index (χ4v) is 2.26. The number of likely N-dealkylation sites (tertiary alicyclic amines) is 1. The van der Waals surface area contributed by atoms with Crippen LogP contribution in [-0.2, 0) is 0 Å². The summed E-state index contributed by atoms with van der Waals surface area (Å²) in [5.74, 6) is 0.943. The molecule has 2 fully saturated rings. The van der Waals surface area contributed by atoms with E-state index in [1.807, 2.05) is 0 Å². The van der Waals surface area contributed by atoms with E-state index in [-0.39, 0.29) is 0 Å². The summed E-state index contributed by atoms with van der Waals surface area (Å²) in [5, 5.41) is 3.49. The van der Waals surface area contributed by atoms with Crippen LogP contribution in [0.15, 0.2) is 0 Å². The highest BCUT2D eigenvalue weighted by molar-refractivity contribution is 4.96. The third-order valence-electron chi connectivity index (χ3n) is 3.32. The molecule has 2 aliphatic heterocycles. The maximum Gasteiger partial charge on any atom is 0.0132 e. The van der Waals surface area contributed by atoms with Gasteiger partial charge in [0.05, 0.1) is 0 Å². The van der Waals surface area contributed by atoms with E-state index >= 15 is 0 Å². The zero-order chi connectivity index (χ0) is 8.77. The van der Waals surface area contributed by atoms with Crippen molar-refractivity contribution in [3.63, 3.8) is 0 Å². The molecule has 0 spiro atoms. The van der Waals surface area contributed by atoms with E-state index in [0.717, 1.165) is 12.0 Å². The molecular weight excluding hydrogens is 148 g/mol. The summed E-state index contributed by atoms with van der Waals surface area (Å²) in [6, 6.07) is 0.851. The van der Waals surface area contributed by atoms with Crippen LogP contribution < -0.4 is 5.32 Å². The zero-order valence-electron chi connectivity index (χ0n) is 8.43. The van der Waals surface area contributed by atoms with E-state index in [1.165, 1.54) is 26.1 Å². The van der Waals surface area contributed by atoms with E-state index in [2.05, 4.69) is 31.0 Å². The fourth-order valence-electron chi connectivity index (χ4n) is 2.26. The maximum absolute atomic E-state index is 3.49. The lowest BCUT2D eigenvalue weighted by molar-refractivity contribution is 0.0261. The number of nitrogens with one attached hydrogen (secondary N) is 1. The van der Waals surface area contributed by atoms with Crippen molar-refractivity contribution in [2.75, 3.05) is 19.6 Å². The monoisotopic (exact) mass is 168 g/mol. The molecule has 2 heteroatoms. The van der Waals surface area contributed by atoms with Gasteiger partial charge in [-0.25, -0.2) is 0 Å². The molecule has 0 saturated carbocycles. The summed E-state index contributed by atoms with van der Waals surface area (Å²) >= 11 is 0. The zero-order valence-corrected chi connectivity index (χ0v) is 8.43. The highest BCUT2D eigenvalue weighted by Gasteiger charge is 2.38. The second kappa shape index (κ2) is 2.71. The number of nitrogens with zero attached hydrogens (tertiary/aromatic N) is 1. The van der Waals surface area contributed by atoms with Crippen LogP contribution >= 0.6 is 0 Å². The summed E-state index contributed by atoms with van der Waals surface area (Å²) in [6.45, 7) is 10.8. The summed E-state index contributed by atoms with van der Waals surface area (Å²) in [7, 11) is 0. The van der Waals surface area contributed by atoms with E-state index in [0.29, 0.717) is 5.54 Å². The molecule has 0 aromatic rings. The van der Waals surface area contributed by atoms with E-state index in [9.17, 15) is 0 Å². The first-order valence-electron chi connectivity index (χ1n) is 5.06. The van der Waals surface area contributed by atoms with Gasteiger partial charge in [-0.2, -0.15) is 0 Å². The number of hydrogen-bond donors (Lipinski definition) is 1. The summed E-state index contributed by atoms with van der Waals surface area (Å²) in [4.78, 5) is 2.62. The Balaban J connectivity index is 1.94. The third-order valence-corrected chi connectivity index (χ3v) is 3.32. The Bertz CT molecular complexity index is 171. The van der Waals surface area contributed by atoms with Crippen LogP contribution in [0.3, 0.4) is 0 Å². The van der Waals surface area contributed by atoms with Gasteiger partial charge in [0.1, 0.15) is 0 Å². The lowest BCUT2D eigenvalue weighted by Gasteiger charge is -2.50. The highest BCUT2D eigenvalue weighted by atomic mass is 15.2. The van der Waals surface area contributed by atoms with Crippen LogP contribution in [-0.4, -0.2) is 36.1 Å². The van der Waals surface area contributed by atoms with Crippen LogP contribution in [0.5, 0.6) is 0 Å². The minimum absolute atomic E-state index is 0.376. The van der Waals surface area contributed by atoms with Gasteiger partial charge in [-0.15, -0.1) is 0 Å². The molecule has 2 nitrogen and oxygen atoms in total. The van der Waals surface area contributed by atoms with E-state index in [4.69, 9.17) is 0 Å². The van der Waals surface area contributed by atoms with Crippen molar-refractivity contribution < 1.29 is 0 Å². The Kier molecular flexibility index (Phi) is 1.92. The first-order valence-corrected chi connectivity index (χ1v) is 5.06. The van der Waals surface area contributed by atoms with E-state index in [1.54, 1.807) is 0 Å². The largest absolute Gasteiger partial charge is 0.313 e. The molecule has 0 amide bonds. The Hall–Kier alpha value is -0.0800. The maximum atomic E-state index is 3.49. The first kappa shape index (κ1) is 8.52. The molecule has 12 heavy (non-hydrogen) atoms. The van der Waals surface area contributed by atoms with Crippen molar-refractivity contribution in [1.82, 2.24) is 10.2 Å². The van der Waals surface area contributed by atoms with Crippen LogP contribution in [0, 0.1) is 5.92 Å². The quantitative estimate of drug-likeness (QED) is 0.582. The lowest BCUT2D eigenvalue weighted by Crippen LogP contribution is -2.63. The summed E-state index contributed by atoms with van der Waals surface area (Å²) < 4.78 is 0. The van der Waals surface area contributed by atoms with Gasteiger partial charge in [0.25, 0.3) is 0 Å². The summed E-state index contributed by atoms with van der Waals surface area (Å²) in [5.41, 5.74) is 0.376. The Morgan fingerprint density at radius 2 is 2.08 bits per heavy atom. The van der Waals surface area contributed by atoms with E-state index < -0.39 is 0 Å². The highest BCUT2D eigenvalue weighted by Crippen LogP contribution is 2.27. The van der Waals surface area contributed by atoms with Gasteiger partial charge in [-0.1, -0.05) is 0 Å². The van der Waals surface area contributed by atoms with Crippen molar-refractivity contribution in [1.29, 1.82) is 0 Å². The molecule has 2 saturated heterocycles. The lowest BCUT2D eigenvalue weighted by atomic mass is 9.83. The summed E-state index contributed by atoms with van der Waals surface area (Å²) in [6.07, 6.45) is 1.35. The fraction of sp³-hybridized carbons (Fsp3) is 1.00. The Morgan fingerprint density at radius 1 is 1.33 bits per heavy atom. The molecule has 70 valence electrons. The van der Waals surface area contributed by atoms with Gasteiger partial charge >= 0.3 is 0 Å².